The van der Waals surface area contributed by atoms with Crippen molar-refractivity contribution >= 4 is 11.8 Å². The third-order valence-corrected chi connectivity index (χ3v) is 5.17. The number of aryl methyl sites for hydroxylation is 1. The second kappa shape index (κ2) is 11.6. The Balaban J connectivity index is 2.29. The molecular formula is C26H36N2O5. The van der Waals surface area contributed by atoms with E-state index in [-0.39, 0.29) is 18.4 Å². The maximum atomic E-state index is 13.4. The van der Waals surface area contributed by atoms with Crippen molar-refractivity contribution in [2.75, 3.05) is 20.8 Å². The third kappa shape index (κ3) is 7.70. The average molecular weight is 457 g/mol. The Morgan fingerprint density at radius 2 is 1.58 bits per heavy atom. The summed E-state index contributed by atoms with van der Waals surface area (Å²) in [5.74, 6) is 1.10. The van der Waals surface area contributed by atoms with Crippen molar-refractivity contribution in [1.29, 1.82) is 0 Å². The molecule has 0 aliphatic heterocycles. The molecule has 2 rings (SSSR count). The molecule has 180 valence electrons. The number of rotatable bonds is 10. The molecule has 0 radical (unpaired) electrons. The summed E-state index contributed by atoms with van der Waals surface area (Å²) in [4.78, 5) is 28.0. The van der Waals surface area contributed by atoms with Crippen LogP contribution in [0.25, 0.3) is 0 Å². The molecule has 0 bridgehead atoms. The molecule has 2 amide bonds. The van der Waals surface area contributed by atoms with Crippen LogP contribution in [0.1, 0.15) is 45.2 Å². The van der Waals surface area contributed by atoms with Gasteiger partial charge in [-0.1, -0.05) is 31.2 Å². The predicted octanol–water partition coefficient (Wildman–Crippen LogP) is 4.11. The summed E-state index contributed by atoms with van der Waals surface area (Å²) >= 11 is 0. The smallest absolute Gasteiger partial charge is 0.261 e. The fourth-order valence-corrected chi connectivity index (χ4v) is 3.44. The maximum Gasteiger partial charge on any atom is 0.261 e. The molecule has 7 heteroatoms. The highest BCUT2D eigenvalue weighted by Crippen LogP contribution is 2.27. The number of methoxy groups -OCH3 is 2. The molecule has 0 aliphatic carbocycles. The molecule has 0 spiro atoms. The van der Waals surface area contributed by atoms with E-state index in [4.69, 9.17) is 14.2 Å². The number of amides is 2. The lowest BCUT2D eigenvalue weighted by molar-refractivity contribution is -0.143. The number of ether oxygens (including phenoxy) is 3. The Bertz CT molecular complexity index is 930. The molecular weight excluding hydrogens is 420 g/mol. The van der Waals surface area contributed by atoms with Crippen molar-refractivity contribution in [3.8, 4) is 17.2 Å². The first-order valence-electron chi connectivity index (χ1n) is 11.1. The van der Waals surface area contributed by atoms with Gasteiger partial charge in [0.25, 0.3) is 5.91 Å². The number of nitrogens with zero attached hydrogens (tertiary/aromatic N) is 1. The standard InChI is InChI=1S/C26H36N2O5/c1-8-23(25(30)27-26(3,4)5)28(16-19-12-10-9-11-18(19)2)24(29)17-33-22-14-20(31-6)13-21(15-22)32-7/h9-15,23H,8,16-17H2,1-7H3,(H,27,30). The van der Waals surface area contributed by atoms with Gasteiger partial charge in [-0.25, -0.2) is 0 Å². The molecule has 0 heterocycles. The summed E-state index contributed by atoms with van der Waals surface area (Å²) in [5.41, 5.74) is 1.63. The zero-order chi connectivity index (χ0) is 24.6. The zero-order valence-electron chi connectivity index (χ0n) is 20.7. The van der Waals surface area contributed by atoms with Crippen LogP contribution in [0.2, 0.25) is 0 Å². The predicted molar refractivity (Wildman–Crippen MR) is 129 cm³/mol. The second-order valence-corrected chi connectivity index (χ2v) is 8.95. The van der Waals surface area contributed by atoms with E-state index in [1.54, 1.807) is 37.3 Å². The van der Waals surface area contributed by atoms with Crippen molar-refractivity contribution in [2.45, 2.75) is 59.2 Å². The first-order valence-corrected chi connectivity index (χ1v) is 11.1. The van der Waals surface area contributed by atoms with Crippen molar-refractivity contribution in [1.82, 2.24) is 10.2 Å². The molecule has 2 aromatic carbocycles. The first-order chi connectivity index (χ1) is 15.6. The summed E-state index contributed by atoms with van der Waals surface area (Å²) in [7, 11) is 3.10. The molecule has 0 saturated carbocycles. The lowest BCUT2D eigenvalue weighted by Crippen LogP contribution is -2.54. The van der Waals surface area contributed by atoms with Gasteiger partial charge in [-0.05, 0) is 45.2 Å². The molecule has 0 aromatic heterocycles. The fraction of sp³-hybridized carbons (Fsp3) is 0.462. The SMILES string of the molecule is CCC(C(=O)NC(C)(C)C)N(Cc1ccccc1C)C(=O)COc1cc(OC)cc(OC)c1. The summed E-state index contributed by atoms with van der Waals surface area (Å²) < 4.78 is 16.3. The molecule has 1 N–H and O–H groups in total. The summed E-state index contributed by atoms with van der Waals surface area (Å²) in [5, 5.41) is 3.00. The van der Waals surface area contributed by atoms with Gasteiger partial charge in [-0.3, -0.25) is 9.59 Å². The molecule has 33 heavy (non-hydrogen) atoms. The van der Waals surface area contributed by atoms with E-state index in [0.29, 0.717) is 30.2 Å². The topological polar surface area (TPSA) is 77.1 Å². The van der Waals surface area contributed by atoms with E-state index in [1.165, 1.54) is 0 Å². The van der Waals surface area contributed by atoms with Crippen LogP contribution in [-0.4, -0.2) is 49.1 Å². The van der Waals surface area contributed by atoms with E-state index in [9.17, 15) is 9.59 Å². The number of carbonyl (C=O) groups is 2. The Hall–Kier alpha value is -3.22. The molecule has 2 aromatic rings. The summed E-state index contributed by atoms with van der Waals surface area (Å²) in [6.07, 6.45) is 0.479. The molecule has 1 unspecified atom stereocenters. The molecule has 0 aliphatic rings. The van der Waals surface area contributed by atoms with Gasteiger partial charge in [0, 0.05) is 30.3 Å². The first kappa shape index (κ1) is 26.0. The van der Waals surface area contributed by atoms with Crippen LogP contribution in [0.3, 0.4) is 0 Å². The molecule has 7 nitrogen and oxygen atoms in total. The lowest BCUT2D eigenvalue weighted by Gasteiger charge is -2.33. The van der Waals surface area contributed by atoms with Gasteiger partial charge in [0.1, 0.15) is 23.3 Å². The van der Waals surface area contributed by atoms with Crippen molar-refractivity contribution in [3.63, 3.8) is 0 Å². The Morgan fingerprint density at radius 3 is 2.09 bits per heavy atom. The van der Waals surface area contributed by atoms with Gasteiger partial charge in [-0.2, -0.15) is 0 Å². The minimum Gasteiger partial charge on any atom is -0.496 e. The van der Waals surface area contributed by atoms with Crippen molar-refractivity contribution < 1.29 is 23.8 Å². The highest BCUT2D eigenvalue weighted by Gasteiger charge is 2.31. The minimum atomic E-state index is -0.625. The third-order valence-electron chi connectivity index (χ3n) is 5.17. The number of carbonyl (C=O) groups excluding carboxylic acids is 2. The van der Waals surface area contributed by atoms with E-state index >= 15 is 0 Å². The fourth-order valence-electron chi connectivity index (χ4n) is 3.44. The van der Waals surface area contributed by atoms with Gasteiger partial charge in [0.05, 0.1) is 14.2 Å². The van der Waals surface area contributed by atoms with E-state index in [2.05, 4.69) is 5.32 Å². The zero-order valence-corrected chi connectivity index (χ0v) is 20.7. The van der Waals surface area contributed by atoms with Gasteiger partial charge >= 0.3 is 0 Å². The largest absolute Gasteiger partial charge is 0.496 e. The molecule has 0 fully saturated rings. The van der Waals surface area contributed by atoms with E-state index in [0.717, 1.165) is 11.1 Å². The summed E-state index contributed by atoms with van der Waals surface area (Å²) in [6.45, 7) is 9.75. The quantitative estimate of drug-likeness (QED) is 0.582. The van der Waals surface area contributed by atoms with Crippen LogP contribution in [-0.2, 0) is 16.1 Å². The van der Waals surface area contributed by atoms with Gasteiger partial charge in [0.2, 0.25) is 5.91 Å². The van der Waals surface area contributed by atoms with Gasteiger partial charge < -0.3 is 24.4 Å². The summed E-state index contributed by atoms with van der Waals surface area (Å²) in [6, 6.07) is 12.3. The lowest BCUT2D eigenvalue weighted by atomic mass is 10.0. The molecule has 1 atom stereocenters. The normalized spacial score (nSPS) is 12.0. The van der Waals surface area contributed by atoms with Crippen LogP contribution in [0.4, 0.5) is 0 Å². The van der Waals surface area contributed by atoms with E-state index < -0.39 is 11.6 Å². The number of benzene rings is 2. The Labute approximate surface area is 197 Å². The van der Waals surface area contributed by atoms with Crippen LogP contribution >= 0.6 is 0 Å². The number of nitrogens with one attached hydrogen (secondary N) is 1. The Morgan fingerprint density at radius 1 is 1.00 bits per heavy atom. The van der Waals surface area contributed by atoms with Crippen LogP contribution in [0.15, 0.2) is 42.5 Å². The van der Waals surface area contributed by atoms with Gasteiger partial charge in [0.15, 0.2) is 6.61 Å². The average Bonchev–Trinajstić information content (AvgIpc) is 2.77. The van der Waals surface area contributed by atoms with Crippen molar-refractivity contribution in [3.05, 3.63) is 53.6 Å². The minimum absolute atomic E-state index is 0.185. The van der Waals surface area contributed by atoms with Gasteiger partial charge in [-0.15, -0.1) is 0 Å². The van der Waals surface area contributed by atoms with Crippen LogP contribution < -0.4 is 19.5 Å². The van der Waals surface area contributed by atoms with Crippen LogP contribution in [0.5, 0.6) is 17.2 Å². The van der Waals surface area contributed by atoms with Crippen LogP contribution in [0, 0.1) is 6.92 Å². The maximum absolute atomic E-state index is 13.4. The second-order valence-electron chi connectivity index (χ2n) is 8.95. The monoisotopic (exact) mass is 456 g/mol. The number of hydrogen-bond donors (Lipinski definition) is 1. The highest BCUT2D eigenvalue weighted by atomic mass is 16.5. The Kier molecular flexibility index (Phi) is 9.14. The number of hydrogen-bond acceptors (Lipinski definition) is 5. The molecule has 0 saturated heterocycles. The highest BCUT2D eigenvalue weighted by molar-refractivity contribution is 5.88. The van der Waals surface area contributed by atoms with E-state index in [1.807, 2.05) is 58.9 Å². The van der Waals surface area contributed by atoms with Crippen molar-refractivity contribution in [2.24, 2.45) is 0 Å².